The van der Waals surface area contributed by atoms with Gasteiger partial charge in [0.15, 0.2) is 6.10 Å². The fraction of sp³-hybridized carbons (Fsp3) is 0.755. The van der Waals surface area contributed by atoms with Gasteiger partial charge in [0.2, 0.25) is 0 Å². The first kappa shape index (κ1) is 61.4. The number of carbonyl (C=O) groups excluding carboxylic acids is 2. The van der Waals surface area contributed by atoms with Crippen molar-refractivity contribution in [2.75, 3.05) is 13.2 Å². The second-order valence-corrected chi connectivity index (χ2v) is 18.6. The maximum atomic E-state index is 12.8. The van der Waals surface area contributed by atoms with Crippen LogP contribution < -0.4 is 0 Å². The van der Waals surface area contributed by atoms with Gasteiger partial charge in [-0.15, -0.1) is 0 Å². The molecule has 0 spiro atoms. The number of carbonyl (C=O) groups is 2. The normalized spacial score (nSPS) is 23.3. The summed E-state index contributed by atoms with van der Waals surface area (Å²) in [6.45, 7) is 2.83. The van der Waals surface area contributed by atoms with Crippen molar-refractivity contribution in [2.24, 2.45) is 0 Å². The highest BCUT2D eigenvalue weighted by Gasteiger charge is 2.51. The van der Waals surface area contributed by atoms with Crippen molar-refractivity contribution in [3.05, 3.63) is 60.8 Å². The Kier molecular flexibility index (Phi) is 35.7. The Morgan fingerprint density at radius 1 is 0.576 bits per heavy atom. The molecule has 9 N–H and O–H groups in total. The van der Waals surface area contributed by atoms with Crippen LogP contribution in [0.3, 0.4) is 0 Å². The molecule has 11 atom stereocenters. The van der Waals surface area contributed by atoms with Crippen molar-refractivity contribution < 1.29 is 78.4 Å². The molecule has 1 aliphatic rings. The lowest BCUT2D eigenvalue weighted by molar-refractivity contribution is -0.220. The number of rotatable bonds is 39. The first-order valence-corrected chi connectivity index (χ1v) is 25.9. The average Bonchev–Trinajstić information content (AvgIpc) is 3.29. The van der Waals surface area contributed by atoms with Crippen molar-refractivity contribution in [3.8, 4) is 0 Å². The molecular weight excluding hydrogens is 875 g/mol. The van der Waals surface area contributed by atoms with E-state index in [-0.39, 0.29) is 25.7 Å². The van der Waals surface area contributed by atoms with Gasteiger partial charge in [0, 0.05) is 12.8 Å². The molecule has 0 saturated heterocycles. The van der Waals surface area contributed by atoms with Crippen molar-refractivity contribution in [2.45, 2.75) is 223 Å². The third-order valence-corrected chi connectivity index (χ3v) is 12.2. The van der Waals surface area contributed by atoms with E-state index in [9.17, 15) is 59.9 Å². The van der Waals surface area contributed by atoms with E-state index in [1.165, 1.54) is 83.1 Å². The van der Waals surface area contributed by atoms with Gasteiger partial charge in [-0.1, -0.05) is 177 Å². The van der Waals surface area contributed by atoms with Gasteiger partial charge in [-0.05, 0) is 32.1 Å². The molecular formula is C49H85O16P. The van der Waals surface area contributed by atoms with Crippen LogP contribution in [0.5, 0.6) is 0 Å². The van der Waals surface area contributed by atoms with E-state index in [1.54, 1.807) is 42.5 Å². The molecule has 0 amide bonds. The Morgan fingerprint density at radius 2 is 1.05 bits per heavy atom. The van der Waals surface area contributed by atoms with Gasteiger partial charge in [-0.25, -0.2) is 4.57 Å². The highest BCUT2D eigenvalue weighted by Crippen LogP contribution is 2.47. The van der Waals surface area contributed by atoms with Crippen LogP contribution in [0.25, 0.3) is 0 Å². The molecule has 0 aromatic heterocycles. The van der Waals surface area contributed by atoms with Crippen molar-refractivity contribution >= 4 is 19.8 Å². The zero-order chi connectivity index (χ0) is 49.0. The number of hydrogen-bond acceptors (Lipinski definition) is 15. The Bertz CT molecular complexity index is 1440. The quantitative estimate of drug-likeness (QED) is 0.0103. The van der Waals surface area contributed by atoms with E-state index in [2.05, 4.69) is 6.92 Å². The van der Waals surface area contributed by atoms with Gasteiger partial charge < -0.3 is 55.2 Å². The van der Waals surface area contributed by atoms with Crippen molar-refractivity contribution in [3.63, 3.8) is 0 Å². The summed E-state index contributed by atoms with van der Waals surface area (Å²) in [5, 5.41) is 80.8. The number of hydrogen-bond donors (Lipinski definition) is 9. The summed E-state index contributed by atoms with van der Waals surface area (Å²) in [5.41, 5.74) is 0. The maximum Gasteiger partial charge on any atom is 0.472 e. The van der Waals surface area contributed by atoms with E-state index in [4.69, 9.17) is 18.5 Å². The van der Waals surface area contributed by atoms with Gasteiger partial charge in [0.05, 0.1) is 24.9 Å². The molecule has 66 heavy (non-hydrogen) atoms. The molecule has 0 aromatic carbocycles. The average molecular weight is 961 g/mol. The molecule has 1 fully saturated rings. The van der Waals surface area contributed by atoms with Gasteiger partial charge in [0.25, 0.3) is 0 Å². The largest absolute Gasteiger partial charge is 0.472 e. The van der Waals surface area contributed by atoms with Crippen LogP contribution in [0.4, 0.5) is 0 Å². The number of aliphatic hydroxyl groups excluding tert-OH is 8. The Hall–Kier alpha value is -2.57. The van der Waals surface area contributed by atoms with Crippen LogP contribution >= 0.6 is 7.82 Å². The van der Waals surface area contributed by atoms with E-state index in [1.807, 2.05) is 19.1 Å². The summed E-state index contributed by atoms with van der Waals surface area (Å²) in [7, 11) is -5.22. The summed E-state index contributed by atoms with van der Waals surface area (Å²) in [6, 6.07) is 0. The summed E-state index contributed by atoms with van der Waals surface area (Å²) in [5.74, 6) is -1.43. The molecule has 1 saturated carbocycles. The molecule has 0 aliphatic heterocycles. The van der Waals surface area contributed by atoms with Crippen LogP contribution in [0.1, 0.15) is 162 Å². The predicted molar refractivity (Wildman–Crippen MR) is 253 cm³/mol. The number of esters is 2. The fourth-order valence-electron chi connectivity index (χ4n) is 7.16. The lowest BCUT2D eigenvalue weighted by Crippen LogP contribution is -2.64. The summed E-state index contributed by atoms with van der Waals surface area (Å²) in [6.07, 6.45) is 21.9. The number of phosphoric acid groups is 1. The number of ether oxygens (including phenoxy) is 2. The monoisotopic (exact) mass is 961 g/mol. The molecule has 3 unspecified atom stereocenters. The van der Waals surface area contributed by atoms with E-state index in [0.29, 0.717) is 12.8 Å². The van der Waals surface area contributed by atoms with Crippen molar-refractivity contribution in [1.82, 2.24) is 0 Å². The van der Waals surface area contributed by atoms with Crippen LogP contribution in [-0.2, 0) is 32.7 Å². The first-order valence-electron chi connectivity index (χ1n) is 24.4. The highest BCUT2D eigenvalue weighted by molar-refractivity contribution is 7.47. The molecule has 0 heterocycles. The highest BCUT2D eigenvalue weighted by atomic mass is 31.2. The van der Waals surface area contributed by atoms with E-state index < -0.39 is 94.0 Å². The summed E-state index contributed by atoms with van der Waals surface area (Å²) in [4.78, 5) is 35.8. The minimum absolute atomic E-state index is 0.00157. The second kappa shape index (κ2) is 38.3. The predicted octanol–water partition coefficient (Wildman–Crippen LogP) is 6.64. The van der Waals surface area contributed by atoms with Gasteiger partial charge in [-0.2, -0.15) is 0 Å². The third-order valence-electron chi connectivity index (χ3n) is 11.2. The van der Waals surface area contributed by atoms with Crippen LogP contribution in [0.2, 0.25) is 0 Å². The summed E-state index contributed by atoms with van der Waals surface area (Å²) >= 11 is 0. The minimum atomic E-state index is -5.22. The second-order valence-electron chi connectivity index (χ2n) is 17.2. The standard InChI is InChI=1S/C49H85O16P/c1-3-5-7-8-9-10-11-12-13-14-15-16-17-18-19-24-28-34-42(53)62-36-39(37-63-66(60,61)65-49-47(58)45(56)44(55)46(57)48(49)59)64-43(54)35-29-33-41(52)40(51)32-27-23-21-20-22-26-31-38(50)30-25-6-4-2/h6,20-23,25-27,31-32,38-41,44-52,55-59H,3-5,7-19,24,28-30,33-37H2,1-2H3,(H,60,61)/b22-20+,23-21-,25-6-,31-26+,32-27-/t38-,39+,40+,41+,44?,45-,46+,47+,48+,49?/m0/s1. The molecule has 0 aromatic rings. The topological polar surface area (TPSA) is 270 Å². The summed E-state index contributed by atoms with van der Waals surface area (Å²) < 4.78 is 33.3. The zero-order valence-corrected chi connectivity index (χ0v) is 40.4. The minimum Gasteiger partial charge on any atom is -0.462 e. The first-order chi connectivity index (χ1) is 31.6. The smallest absolute Gasteiger partial charge is 0.462 e. The maximum absolute atomic E-state index is 12.8. The van der Waals surface area contributed by atoms with Crippen molar-refractivity contribution in [1.29, 1.82) is 0 Å². The fourth-order valence-corrected chi connectivity index (χ4v) is 8.13. The lowest BCUT2D eigenvalue weighted by Gasteiger charge is -2.41. The van der Waals surface area contributed by atoms with Crippen LogP contribution in [0.15, 0.2) is 60.8 Å². The molecule has 1 rings (SSSR count). The SMILES string of the molecule is CC/C=C\C[C@H](O)/C=C/C=C/C=C\C=C/[C@@H](O)[C@H](O)CCCC(=O)O[C@H](COC(=O)CCCCCCCCCCCCCCCCCCC)COP(=O)(O)OC1[C@H](O)[C@H](O)C(O)[C@H](O)[C@H]1O. The molecule has 17 heteroatoms. The number of unbranched alkanes of at least 4 members (excludes halogenated alkanes) is 16. The van der Waals surface area contributed by atoms with Crippen LogP contribution in [0, 0.1) is 0 Å². The lowest BCUT2D eigenvalue weighted by atomic mass is 9.85. The Labute approximate surface area is 393 Å². The third kappa shape index (κ3) is 30.0. The Morgan fingerprint density at radius 3 is 1.58 bits per heavy atom. The Balaban J connectivity index is 2.58. The number of allylic oxidation sites excluding steroid dienone is 7. The molecule has 0 radical (unpaired) electrons. The molecule has 16 nitrogen and oxygen atoms in total. The van der Waals surface area contributed by atoms with E-state index in [0.717, 1.165) is 32.1 Å². The van der Waals surface area contributed by atoms with Gasteiger partial charge >= 0.3 is 19.8 Å². The number of aliphatic hydroxyl groups is 8. The van der Waals surface area contributed by atoms with Crippen LogP contribution in [-0.4, -0.2) is 132 Å². The molecule has 0 bridgehead atoms. The zero-order valence-electron chi connectivity index (χ0n) is 39.6. The van der Waals surface area contributed by atoms with Gasteiger partial charge in [-0.3, -0.25) is 18.6 Å². The number of phosphoric ester groups is 1. The van der Waals surface area contributed by atoms with E-state index >= 15 is 0 Å². The van der Waals surface area contributed by atoms with Gasteiger partial charge in [0.1, 0.15) is 43.2 Å². The molecule has 1 aliphatic carbocycles. The molecule has 382 valence electrons.